The Balaban J connectivity index is 2.11. The van der Waals surface area contributed by atoms with Gasteiger partial charge < -0.3 is 5.11 Å². The summed E-state index contributed by atoms with van der Waals surface area (Å²) in [6, 6.07) is 0.108. The molecule has 9 heavy (non-hydrogen) atoms. The van der Waals surface area contributed by atoms with Crippen LogP contribution >= 0.6 is 0 Å². The Morgan fingerprint density at radius 2 is 2.44 bits per heavy atom. The molecule has 1 unspecified atom stereocenters. The van der Waals surface area contributed by atoms with Gasteiger partial charge in [-0.2, -0.15) is 0 Å². The van der Waals surface area contributed by atoms with Gasteiger partial charge in [0.05, 0.1) is 6.61 Å². The topological polar surface area (TPSA) is 23.5 Å². The minimum absolute atomic E-state index is 0.108. The summed E-state index contributed by atoms with van der Waals surface area (Å²) in [5, 5.41) is 8.45. The van der Waals surface area contributed by atoms with Crippen molar-refractivity contribution in [1.29, 1.82) is 0 Å². The molecule has 0 amide bonds. The molecule has 3 heteroatoms. The molecule has 1 N–H and O–H groups in total. The highest BCUT2D eigenvalue weighted by molar-refractivity contribution is 4.81. The Kier molecular flexibility index (Phi) is 2.42. The number of aliphatic hydroxyl groups is 1. The van der Waals surface area contributed by atoms with Crippen molar-refractivity contribution in [2.45, 2.75) is 12.5 Å². The summed E-state index contributed by atoms with van der Waals surface area (Å²) >= 11 is 0. The Bertz CT molecular complexity index is 87.1. The highest BCUT2D eigenvalue weighted by atomic mass is 19.1. The van der Waals surface area contributed by atoms with Crippen LogP contribution in [-0.4, -0.2) is 42.4 Å². The smallest absolute Gasteiger partial charge is 0.105 e. The molecule has 1 rings (SSSR count). The predicted octanol–water partition coefficient (Wildman–Crippen LogP) is 0.0225. The molecule has 1 aliphatic rings. The lowest BCUT2D eigenvalue weighted by molar-refractivity contribution is 0.0519. The standard InChI is InChI=1S/C6H12FNO/c7-5-6-1-2-8(6)3-4-9/h6,9H,1-5H2. The predicted molar refractivity (Wildman–Crippen MR) is 33.0 cm³/mol. The van der Waals surface area contributed by atoms with E-state index in [-0.39, 0.29) is 19.3 Å². The summed E-state index contributed by atoms with van der Waals surface area (Å²) in [5.41, 5.74) is 0. The highest BCUT2D eigenvalue weighted by Crippen LogP contribution is 2.15. The molecule has 0 bridgehead atoms. The Labute approximate surface area is 54.3 Å². The fraction of sp³-hybridized carbons (Fsp3) is 1.00. The zero-order chi connectivity index (χ0) is 6.69. The lowest BCUT2D eigenvalue weighted by Gasteiger charge is -2.38. The maximum Gasteiger partial charge on any atom is 0.105 e. The Morgan fingerprint density at radius 3 is 2.78 bits per heavy atom. The summed E-state index contributed by atoms with van der Waals surface area (Å²) in [4.78, 5) is 1.96. The van der Waals surface area contributed by atoms with Gasteiger partial charge in [-0.25, -0.2) is 4.39 Å². The first kappa shape index (κ1) is 6.96. The molecule has 0 aliphatic carbocycles. The molecule has 1 fully saturated rings. The SMILES string of the molecule is OCCN1CCC1CF. The van der Waals surface area contributed by atoms with Crippen LogP contribution in [0.4, 0.5) is 4.39 Å². The number of alkyl halides is 1. The molecular formula is C6H12FNO. The quantitative estimate of drug-likeness (QED) is 0.586. The molecule has 0 aromatic carbocycles. The average Bonchev–Trinajstić information content (AvgIpc) is 1.82. The molecule has 2 nitrogen and oxygen atoms in total. The van der Waals surface area contributed by atoms with E-state index < -0.39 is 0 Å². The van der Waals surface area contributed by atoms with Crippen LogP contribution in [0.5, 0.6) is 0 Å². The zero-order valence-electron chi connectivity index (χ0n) is 5.39. The van der Waals surface area contributed by atoms with Crippen LogP contribution in [0.3, 0.4) is 0 Å². The van der Waals surface area contributed by atoms with Crippen molar-refractivity contribution in [3.05, 3.63) is 0 Å². The largest absolute Gasteiger partial charge is 0.395 e. The Morgan fingerprint density at radius 1 is 1.67 bits per heavy atom. The van der Waals surface area contributed by atoms with Crippen molar-refractivity contribution in [2.24, 2.45) is 0 Å². The van der Waals surface area contributed by atoms with Crippen LogP contribution in [0, 0.1) is 0 Å². The first-order valence-electron chi connectivity index (χ1n) is 3.29. The number of likely N-dealkylation sites (tertiary alicyclic amines) is 1. The first-order chi connectivity index (χ1) is 4.38. The molecular weight excluding hydrogens is 121 g/mol. The molecule has 1 aliphatic heterocycles. The zero-order valence-corrected chi connectivity index (χ0v) is 5.39. The summed E-state index contributed by atoms with van der Waals surface area (Å²) in [5.74, 6) is 0. The number of hydrogen-bond acceptors (Lipinski definition) is 2. The van der Waals surface area contributed by atoms with E-state index in [2.05, 4.69) is 0 Å². The first-order valence-corrected chi connectivity index (χ1v) is 3.29. The monoisotopic (exact) mass is 133 g/mol. The van der Waals surface area contributed by atoms with Crippen molar-refractivity contribution in [1.82, 2.24) is 4.90 Å². The van der Waals surface area contributed by atoms with Gasteiger partial charge in [0.2, 0.25) is 0 Å². The van der Waals surface area contributed by atoms with Gasteiger partial charge in [0.25, 0.3) is 0 Å². The number of aliphatic hydroxyl groups excluding tert-OH is 1. The third kappa shape index (κ3) is 1.40. The van der Waals surface area contributed by atoms with Crippen LogP contribution in [0.1, 0.15) is 6.42 Å². The average molecular weight is 133 g/mol. The lowest BCUT2D eigenvalue weighted by atomic mass is 10.1. The van der Waals surface area contributed by atoms with E-state index >= 15 is 0 Å². The summed E-state index contributed by atoms with van der Waals surface area (Å²) in [6.45, 7) is 1.47. The van der Waals surface area contributed by atoms with Gasteiger partial charge in [-0.15, -0.1) is 0 Å². The third-order valence-electron chi connectivity index (χ3n) is 1.83. The maximum atomic E-state index is 11.9. The second-order valence-electron chi connectivity index (χ2n) is 2.36. The minimum Gasteiger partial charge on any atom is -0.395 e. The normalized spacial score (nSPS) is 28.0. The van der Waals surface area contributed by atoms with Crippen molar-refractivity contribution < 1.29 is 9.50 Å². The summed E-state index contributed by atoms with van der Waals surface area (Å²) in [7, 11) is 0. The van der Waals surface area contributed by atoms with E-state index in [1.54, 1.807) is 0 Å². The number of β-amino-alcohol motifs (C(OH)–C–C–N with tert-alkyl or cyclic N) is 1. The fourth-order valence-electron chi connectivity index (χ4n) is 1.09. The molecule has 0 aromatic rings. The lowest BCUT2D eigenvalue weighted by Crippen LogP contribution is -2.49. The van der Waals surface area contributed by atoms with E-state index in [4.69, 9.17) is 5.11 Å². The van der Waals surface area contributed by atoms with Crippen LogP contribution in [0.15, 0.2) is 0 Å². The number of rotatable bonds is 3. The third-order valence-corrected chi connectivity index (χ3v) is 1.83. The fourth-order valence-corrected chi connectivity index (χ4v) is 1.09. The molecule has 1 saturated heterocycles. The van der Waals surface area contributed by atoms with Gasteiger partial charge in [0.15, 0.2) is 0 Å². The van der Waals surface area contributed by atoms with Gasteiger partial charge in [0.1, 0.15) is 6.67 Å². The molecule has 0 spiro atoms. The van der Waals surface area contributed by atoms with E-state index in [1.165, 1.54) is 0 Å². The molecule has 1 heterocycles. The van der Waals surface area contributed by atoms with E-state index in [0.717, 1.165) is 13.0 Å². The van der Waals surface area contributed by atoms with Crippen molar-refractivity contribution in [3.63, 3.8) is 0 Å². The highest BCUT2D eigenvalue weighted by Gasteiger charge is 2.26. The second kappa shape index (κ2) is 3.13. The van der Waals surface area contributed by atoms with Gasteiger partial charge in [-0.3, -0.25) is 4.90 Å². The molecule has 0 radical (unpaired) electrons. The van der Waals surface area contributed by atoms with Crippen molar-refractivity contribution >= 4 is 0 Å². The molecule has 0 aromatic heterocycles. The number of hydrogen-bond donors (Lipinski definition) is 1. The molecule has 0 saturated carbocycles. The minimum atomic E-state index is -0.264. The van der Waals surface area contributed by atoms with Gasteiger partial charge in [-0.05, 0) is 6.42 Å². The Hall–Kier alpha value is -0.150. The number of nitrogens with zero attached hydrogens (tertiary/aromatic N) is 1. The van der Waals surface area contributed by atoms with Crippen LogP contribution < -0.4 is 0 Å². The van der Waals surface area contributed by atoms with Gasteiger partial charge in [0, 0.05) is 19.1 Å². The molecule has 1 atom stereocenters. The molecule has 54 valence electrons. The van der Waals surface area contributed by atoms with Gasteiger partial charge >= 0.3 is 0 Å². The maximum absolute atomic E-state index is 11.9. The van der Waals surface area contributed by atoms with E-state index in [1.807, 2.05) is 4.90 Å². The van der Waals surface area contributed by atoms with Crippen LogP contribution in [0.2, 0.25) is 0 Å². The van der Waals surface area contributed by atoms with Gasteiger partial charge in [-0.1, -0.05) is 0 Å². The summed E-state index contributed by atoms with van der Waals surface area (Å²) < 4.78 is 11.9. The second-order valence-corrected chi connectivity index (χ2v) is 2.36. The van der Waals surface area contributed by atoms with E-state index in [0.29, 0.717) is 6.54 Å². The van der Waals surface area contributed by atoms with Crippen LogP contribution in [-0.2, 0) is 0 Å². The van der Waals surface area contributed by atoms with E-state index in [9.17, 15) is 4.39 Å². The van der Waals surface area contributed by atoms with Crippen LogP contribution in [0.25, 0.3) is 0 Å². The number of halogens is 1. The van der Waals surface area contributed by atoms with Crippen molar-refractivity contribution in [2.75, 3.05) is 26.4 Å². The van der Waals surface area contributed by atoms with Crippen molar-refractivity contribution in [3.8, 4) is 0 Å². The summed E-state index contributed by atoms with van der Waals surface area (Å²) in [6.07, 6.45) is 0.955.